The number of fused-ring (bicyclic) bond motifs is 11. The van der Waals surface area contributed by atoms with Crippen molar-refractivity contribution in [1.82, 2.24) is 19.5 Å². The third-order valence-corrected chi connectivity index (χ3v) is 10.3. The molecule has 0 spiro atoms. The first-order chi connectivity index (χ1) is 25.3. The molecule has 51 heavy (non-hydrogen) atoms. The van der Waals surface area contributed by atoms with Crippen LogP contribution in [0.2, 0.25) is 0 Å². The lowest BCUT2D eigenvalue weighted by atomic mass is 9.94. The first-order valence-electron chi connectivity index (χ1n) is 17.3. The second kappa shape index (κ2) is 10.8. The molecule has 0 bridgehead atoms. The van der Waals surface area contributed by atoms with E-state index in [1.165, 1.54) is 33.0 Å². The van der Waals surface area contributed by atoms with Crippen LogP contribution in [0.25, 0.3) is 105 Å². The minimum absolute atomic E-state index is 0.857. The van der Waals surface area contributed by atoms with Crippen LogP contribution in [0, 0.1) is 0 Å². The third kappa shape index (κ3) is 4.11. The Bertz CT molecular complexity index is 3010. The minimum atomic E-state index is 0.857. The van der Waals surface area contributed by atoms with Gasteiger partial charge in [0.05, 0.1) is 39.1 Å². The normalized spacial score (nSPS) is 11.9. The van der Waals surface area contributed by atoms with Gasteiger partial charge in [-0.05, 0) is 34.0 Å². The molecule has 0 amide bonds. The predicted molar refractivity (Wildman–Crippen MR) is 210 cm³/mol. The van der Waals surface area contributed by atoms with Crippen molar-refractivity contribution in [2.24, 2.45) is 0 Å². The Hall–Kier alpha value is -6.91. The molecule has 0 N–H and O–H groups in total. The van der Waals surface area contributed by atoms with Gasteiger partial charge in [-0.2, -0.15) is 0 Å². The van der Waals surface area contributed by atoms with Gasteiger partial charge in [0.25, 0.3) is 0 Å². The molecule has 8 aromatic carbocycles. The molecule has 2 aromatic heterocycles. The van der Waals surface area contributed by atoms with Crippen LogP contribution in [0.5, 0.6) is 0 Å². The Kier molecular flexibility index (Phi) is 5.92. The quantitative estimate of drug-likeness (QED) is 0.179. The minimum Gasteiger partial charge on any atom is -0.291 e. The smallest absolute Gasteiger partial charge is 0.145 e. The van der Waals surface area contributed by atoms with Gasteiger partial charge in [-0.25, -0.2) is 15.0 Å². The standard InChI is InChI=1S/C47H28N4/c1-2-13-29(14-3-1)42-43(50-45-38-21-9-7-17-34(38)33-16-6-8-20-37(33)44(45)49-42)30-25-27-31(28-26-30)47-48-40-23-12-22-39-35-18-5-4-15-32(35)36-19-10-11-24-41(36)51(47)46(39)40/h1-28H. The van der Waals surface area contributed by atoms with E-state index in [0.717, 1.165) is 72.4 Å². The first-order valence-corrected chi connectivity index (χ1v) is 17.3. The monoisotopic (exact) mass is 648 g/mol. The number of imidazole rings is 1. The molecule has 0 saturated carbocycles. The molecule has 1 aliphatic rings. The van der Waals surface area contributed by atoms with Crippen LogP contribution in [0.15, 0.2) is 170 Å². The topological polar surface area (TPSA) is 43.6 Å². The van der Waals surface area contributed by atoms with Gasteiger partial charge in [-0.3, -0.25) is 4.57 Å². The van der Waals surface area contributed by atoms with E-state index in [-0.39, 0.29) is 0 Å². The van der Waals surface area contributed by atoms with Crippen LogP contribution in [0.3, 0.4) is 0 Å². The summed E-state index contributed by atoms with van der Waals surface area (Å²) in [6, 6.07) is 60.0. The summed E-state index contributed by atoms with van der Waals surface area (Å²) in [6.07, 6.45) is 0. The second-order valence-corrected chi connectivity index (χ2v) is 13.2. The third-order valence-electron chi connectivity index (χ3n) is 10.3. The van der Waals surface area contributed by atoms with Crippen molar-refractivity contribution in [2.45, 2.75) is 0 Å². The fourth-order valence-corrected chi connectivity index (χ4v) is 8.06. The zero-order valence-corrected chi connectivity index (χ0v) is 27.5. The number of para-hydroxylation sites is 2. The van der Waals surface area contributed by atoms with Crippen molar-refractivity contribution in [3.05, 3.63) is 170 Å². The van der Waals surface area contributed by atoms with E-state index in [1.807, 2.05) is 6.07 Å². The summed E-state index contributed by atoms with van der Waals surface area (Å²) in [6.45, 7) is 0. The summed E-state index contributed by atoms with van der Waals surface area (Å²) in [7, 11) is 0. The van der Waals surface area contributed by atoms with E-state index >= 15 is 0 Å². The Labute approximate surface area is 294 Å². The highest BCUT2D eigenvalue weighted by Gasteiger charge is 2.25. The molecular weight excluding hydrogens is 621 g/mol. The van der Waals surface area contributed by atoms with Gasteiger partial charge in [0.15, 0.2) is 0 Å². The fraction of sp³-hybridized carbons (Fsp3) is 0. The van der Waals surface area contributed by atoms with Crippen molar-refractivity contribution in [1.29, 1.82) is 0 Å². The SMILES string of the molecule is c1ccc(-c2nc3c4ccccc4c4ccccc4c3nc2-c2ccc(-c3nc4cccc5c4n3-c3ccccc3-c3ccccc3-5)cc2)cc1. The maximum absolute atomic E-state index is 5.47. The van der Waals surface area contributed by atoms with Gasteiger partial charge in [0.2, 0.25) is 0 Å². The Morgan fingerprint density at radius 3 is 1.49 bits per heavy atom. The number of hydrogen-bond donors (Lipinski definition) is 0. The molecule has 0 saturated heterocycles. The molecule has 4 nitrogen and oxygen atoms in total. The lowest BCUT2D eigenvalue weighted by molar-refractivity contribution is 1.11. The van der Waals surface area contributed by atoms with Crippen LogP contribution < -0.4 is 0 Å². The molecule has 0 aliphatic carbocycles. The molecule has 10 aromatic rings. The van der Waals surface area contributed by atoms with E-state index in [2.05, 4.69) is 168 Å². The molecule has 4 heteroatoms. The summed E-state index contributed by atoms with van der Waals surface area (Å²) < 4.78 is 2.34. The molecular formula is C47H28N4. The number of benzene rings is 8. The van der Waals surface area contributed by atoms with Crippen LogP contribution in [-0.4, -0.2) is 19.5 Å². The summed E-state index contributed by atoms with van der Waals surface area (Å²) in [5, 5.41) is 4.58. The van der Waals surface area contributed by atoms with E-state index in [1.54, 1.807) is 0 Å². The van der Waals surface area contributed by atoms with Crippen LogP contribution in [0.4, 0.5) is 0 Å². The number of aromatic nitrogens is 4. The predicted octanol–water partition coefficient (Wildman–Crippen LogP) is 11.9. The zero-order valence-electron chi connectivity index (χ0n) is 27.5. The fourth-order valence-electron chi connectivity index (χ4n) is 8.06. The molecule has 236 valence electrons. The molecule has 0 atom stereocenters. The van der Waals surface area contributed by atoms with Gasteiger partial charge in [0, 0.05) is 38.6 Å². The second-order valence-electron chi connectivity index (χ2n) is 13.2. The van der Waals surface area contributed by atoms with Crippen molar-refractivity contribution >= 4 is 43.6 Å². The highest BCUT2D eigenvalue weighted by molar-refractivity contribution is 6.23. The van der Waals surface area contributed by atoms with E-state index in [9.17, 15) is 0 Å². The lowest BCUT2D eigenvalue weighted by Crippen LogP contribution is -1.99. The number of hydrogen-bond acceptors (Lipinski definition) is 3. The zero-order chi connectivity index (χ0) is 33.5. The Morgan fingerprint density at radius 1 is 0.333 bits per heavy atom. The van der Waals surface area contributed by atoms with Gasteiger partial charge in [0.1, 0.15) is 5.82 Å². The van der Waals surface area contributed by atoms with Crippen LogP contribution >= 0.6 is 0 Å². The number of rotatable bonds is 3. The molecule has 11 rings (SSSR count). The summed E-state index contributed by atoms with van der Waals surface area (Å²) >= 11 is 0. The average molecular weight is 649 g/mol. The van der Waals surface area contributed by atoms with Gasteiger partial charge in [-0.15, -0.1) is 0 Å². The van der Waals surface area contributed by atoms with Crippen molar-refractivity contribution in [2.75, 3.05) is 0 Å². The Morgan fingerprint density at radius 2 is 0.824 bits per heavy atom. The summed E-state index contributed by atoms with van der Waals surface area (Å²) in [5.41, 5.74) is 14.7. The van der Waals surface area contributed by atoms with Crippen molar-refractivity contribution in [3.8, 4) is 61.8 Å². The molecule has 0 fully saturated rings. The molecule has 0 radical (unpaired) electrons. The summed E-state index contributed by atoms with van der Waals surface area (Å²) in [4.78, 5) is 16.2. The van der Waals surface area contributed by atoms with Gasteiger partial charge in [-0.1, -0.05) is 158 Å². The van der Waals surface area contributed by atoms with Gasteiger partial charge < -0.3 is 0 Å². The summed E-state index contributed by atoms with van der Waals surface area (Å²) in [5.74, 6) is 0.912. The van der Waals surface area contributed by atoms with E-state index < -0.39 is 0 Å². The maximum atomic E-state index is 5.47. The van der Waals surface area contributed by atoms with Gasteiger partial charge >= 0.3 is 0 Å². The van der Waals surface area contributed by atoms with Crippen molar-refractivity contribution < 1.29 is 0 Å². The largest absolute Gasteiger partial charge is 0.291 e. The maximum Gasteiger partial charge on any atom is 0.145 e. The lowest BCUT2D eigenvalue weighted by Gasteiger charge is -2.15. The van der Waals surface area contributed by atoms with E-state index in [4.69, 9.17) is 15.0 Å². The Balaban J connectivity index is 1.14. The molecule has 3 heterocycles. The number of nitrogens with zero attached hydrogens (tertiary/aromatic N) is 4. The first kappa shape index (κ1) is 28.0. The highest BCUT2D eigenvalue weighted by Crippen LogP contribution is 2.45. The van der Waals surface area contributed by atoms with Crippen molar-refractivity contribution in [3.63, 3.8) is 0 Å². The van der Waals surface area contributed by atoms with Crippen LogP contribution in [-0.2, 0) is 0 Å². The average Bonchev–Trinajstić information content (AvgIpc) is 3.55. The van der Waals surface area contributed by atoms with E-state index in [0.29, 0.717) is 0 Å². The highest BCUT2D eigenvalue weighted by atomic mass is 15.1. The molecule has 0 unspecified atom stereocenters. The molecule has 1 aliphatic heterocycles. The van der Waals surface area contributed by atoms with Crippen LogP contribution in [0.1, 0.15) is 0 Å².